The van der Waals surface area contributed by atoms with Crippen LogP contribution in [0.15, 0.2) is 53.4 Å². The van der Waals surface area contributed by atoms with Crippen LogP contribution in [0.1, 0.15) is 32.7 Å². The van der Waals surface area contributed by atoms with Crippen LogP contribution in [0.4, 0.5) is 10.3 Å². The van der Waals surface area contributed by atoms with Gasteiger partial charge in [-0.15, -0.1) is 0 Å². The molecule has 0 spiro atoms. The number of piperidine rings is 1. The first-order valence-corrected chi connectivity index (χ1v) is 11.3. The van der Waals surface area contributed by atoms with E-state index in [2.05, 4.69) is 34.1 Å². The second-order valence-corrected chi connectivity index (χ2v) is 9.41. The number of anilines is 1. The SMILES string of the molecule is CC(C)n1c(N2CCC(NS(=O)(=O)c3ccc(F)cc3)CC2)nc2ccccc21. The Balaban J connectivity index is 1.48. The van der Waals surface area contributed by atoms with Gasteiger partial charge in [-0.25, -0.2) is 22.5 Å². The summed E-state index contributed by atoms with van der Waals surface area (Å²) in [5.74, 6) is 0.478. The molecule has 2 aromatic carbocycles. The number of rotatable bonds is 5. The summed E-state index contributed by atoms with van der Waals surface area (Å²) in [5, 5.41) is 0. The van der Waals surface area contributed by atoms with Crippen LogP contribution in [0.5, 0.6) is 0 Å². The fourth-order valence-electron chi connectivity index (χ4n) is 3.86. The van der Waals surface area contributed by atoms with Gasteiger partial charge in [0.05, 0.1) is 15.9 Å². The highest BCUT2D eigenvalue weighted by Crippen LogP contribution is 2.29. The number of sulfonamides is 1. The third kappa shape index (κ3) is 4.00. The zero-order valence-corrected chi connectivity index (χ0v) is 17.4. The Kier molecular flexibility index (Phi) is 5.31. The monoisotopic (exact) mass is 416 g/mol. The lowest BCUT2D eigenvalue weighted by Crippen LogP contribution is -2.45. The molecule has 6 nitrogen and oxygen atoms in total. The van der Waals surface area contributed by atoms with Gasteiger partial charge in [0.25, 0.3) is 0 Å². The van der Waals surface area contributed by atoms with Gasteiger partial charge in [0.15, 0.2) is 0 Å². The van der Waals surface area contributed by atoms with Crippen molar-refractivity contribution >= 4 is 27.0 Å². The van der Waals surface area contributed by atoms with E-state index >= 15 is 0 Å². The first-order valence-electron chi connectivity index (χ1n) is 9.85. The third-order valence-electron chi connectivity index (χ3n) is 5.32. The number of hydrogen-bond donors (Lipinski definition) is 1. The molecular formula is C21H25FN4O2S. The van der Waals surface area contributed by atoms with Crippen molar-refractivity contribution in [2.75, 3.05) is 18.0 Å². The van der Waals surface area contributed by atoms with Gasteiger partial charge in [0.2, 0.25) is 16.0 Å². The van der Waals surface area contributed by atoms with E-state index in [9.17, 15) is 12.8 Å². The van der Waals surface area contributed by atoms with Crippen molar-refractivity contribution in [1.82, 2.24) is 14.3 Å². The van der Waals surface area contributed by atoms with Crippen molar-refractivity contribution in [3.63, 3.8) is 0 Å². The molecule has 3 aromatic rings. The largest absolute Gasteiger partial charge is 0.342 e. The normalized spacial score (nSPS) is 16.1. The minimum absolute atomic E-state index is 0.0860. The first-order chi connectivity index (χ1) is 13.8. The molecule has 1 saturated heterocycles. The van der Waals surface area contributed by atoms with Gasteiger partial charge < -0.3 is 9.47 Å². The molecule has 29 heavy (non-hydrogen) atoms. The Morgan fingerprint density at radius 2 is 1.72 bits per heavy atom. The van der Waals surface area contributed by atoms with Gasteiger partial charge in [-0.1, -0.05) is 12.1 Å². The van der Waals surface area contributed by atoms with Crippen LogP contribution in [0.2, 0.25) is 0 Å². The summed E-state index contributed by atoms with van der Waals surface area (Å²) in [7, 11) is -3.66. The highest BCUT2D eigenvalue weighted by atomic mass is 32.2. The summed E-state index contributed by atoms with van der Waals surface area (Å²) in [6, 6.07) is 13.1. The van der Waals surface area contributed by atoms with Gasteiger partial charge >= 0.3 is 0 Å². The first kappa shape index (κ1) is 19.8. The maximum Gasteiger partial charge on any atom is 0.240 e. The zero-order chi connectivity index (χ0) is 20.6. The Bertz CT molecular complexity index is 1100. The van der Waals surface area contributed by atoms with Crippen molar-refractivity contribution in [3.8, 4) is 0 Å². The van der Waals surface area contributed by atoms with Gasteiger partial charge in [0, 0.05) is 25.2 Å². The number of benzene rings is 2. The van der Waals surface area contributed by atoms with E-state index in [1.165, 1.54) is 12.1 Å². The van der Waals surface area contributed by atoms with Crippen LogP contribution in [0.3, 0.4) is 0 Å². The molecule has 0 saturated carbocycles. The standard InChI is InChI=1S/C21H25FN4O2S/c1-15(2)26-20-6-4-3-5-19(20)23-21(26)25-13-11-17(12-14-25)24-29(27,28)18-9-7-16(22)8-10-18/h3-10,15,17,24H,11-14H2,1-2H3. The van der Waals surface area contributed by atoms with Crippen LogP contribution >= 0.6 is 0 Å². The summed E-state index contributed by atoms with van der Waals surface area (Å²) < 4.78 is 43.2. The molecule has 0 aliphatic carbocycles. The number of halogens is 1. The molecule has 0 radical (unpaired) electrons. The fraction of sp³-hybridized carbons (Fsp3) is 0.381. The average Bonchev–Trinajstić information content (AvgIpc) is 3.08. The van der Waals surface area contributed by atoms with Gasteiger partial charge in [-0.2, -0.15) is 0 Å². The number of aromatic nitrogens is 2. The van der Waals surface area contributed by atoms with Crippen LogP contribution in [0.25, 0.3) is 11.0 Å². The van der Waals surface area contributed by atoms with Crippen molar-refractivity contribution in [3.05, 3.63) is 54.3 Å². The zero-order valence-electron chi connectivity index (χ0n) is 16.5. The number of para-hydroxylation sites is 2. The predicted octanol–water partition coefficient (Wildman–Crippen LogP) is 3.70. The molecule has 1 N–H and O–H groups in total. The number of nitrogens with zero attached hydrogens (tertiary/aromatic N) is 3. The highest BCUT2D eigenvalue weighted by Gasteiger charge is 2.27. The van der Waals surface area contributed by atoms with Crippen molar-refractivity contribution < 1.29 is 12.8 Å². The van der Waals surface area contributed by atoms with Gasteiger partial charge in [0.1, 0.15) is 5.82 Å². The van der Waals surface area contributed by atoms with E-state index < -0.39 is 15.8 Å². The maximum atomic E-state index is 13.1. The minimum atomic E-state index is -3.66. The van der Waals surface area contributed by atoms with E-state index in [1.54, 1.807) is 0 Å². The van der Waals surface area contributed by atoms with Crippen LogP contribution < -0.4 is 9.62 Å². The molecule has 154 valence electrons. The summed E-state index contributed by atoms with van der Waals surface area (Å²) in [4.78, 5) is 7.14. The van der Waals surface area contributed by atoms with Crippen molar-refractivity contribution in [2.45, 2.75) is 43.7 Å². The number of hydrogen-bond acceptors (Lipinski definition) is 4. The molecule has 0 bridgehead atoms. The van der Waals surface area contributed by atoms with Crippen molar-refractivity contribution in [1.29, 1.82) is 0 Å². The molecule has 1 aromatic heterocycles. The molecule has 1 fully saturated rings. The number of imidazole rings is 1. The van der Waals surface area contributed by atoms with Gasteiger partial charge in [-0.3, -0.25) is 0 Å². The molecule has 2 heterocycles. The molecule has 0 atom stereocenters. The summed E-state index contributed by atoms with van der Waals surface area (Å²) >= 11 is 0. The quantitative estimate of drug-likeness (QED) is 0.689. The fourth-order valence-corrected chi connectivity index (χ4v) is 5.17. The molecule has 8 heteroatoms. The smallest absolute Gasteiger partial charge is 0.240 e. The molecule has 1 aliphatic heterocycles. The van der Waals surface area contributed by atoms with E-state index in [0.29, 0.717) is 25.9 Å². The molecular weight excluding hydrogens is 391 g/mol. The number of fused-ring (bicyclic) bond motifs is 1. The minimum Gasteiger partial charge on any atom is -0.342 e. The van der Waals surface area contributed by atoms with E-state index in [0.717, 1.165) is 29.1 Å². The lowest BCUT2D eigenvalue weighted by molar-refractivity contribution is 0.450. The van der Waals surface area contributed by atoms with Crippen LogP contribution in [-0.2, 0) is 10.0 Å². The Morgan fingerprint density at radius 1 is 1.07 bits per heavy atom. The van der Waals surface area contributed by atoms with Gasteiger partial charge in [-0.05, 0) is 63.1 Å². The predicted molar refractivity (Wildman–Crippen MR) is 112 cm³/mol. The Morgan fingerprint density at radius 3 is 2.38 bits per heavy atom. The second-order valence-electron chi connectivity index (χ2n) is 7.70. The lowest BCUT2D eigenvalue weighted by Gasteiger charge is -2.33. The highest BCUT2D eigenvalue weighted by molar-refractivity contribution is 7.89. The summed E-state index contributed by atoms with van der Waals surface area (Å²) in [5.41, 5.74) is 2.08. The molecule has 0 amide bonds. The molecule has 1 aliphatic rings. The topological polar surface area (TPSA) is 67.2 Å². The maximum absolute atomic E-state index is 13.1. The number of nitrogens with one attached hydrogen (secondary N) is 1. The Hall–Kier alpha value is -2.45. The average molecular weight is 417 g/mol. The van der Waals surface area contributed by atoms with Crippen molar-refractivity contribution in [2.24, 2.45) is 0 Å². The van der Waals surface area contributed by atoms with E-state index in [4.69, 9.17) is 4.98 Å². The molecule has 0 unspecified atom stereocenters. The summed E-state index contributed by atoms with van der Waals surface area (Å²) in [6.07, 6.45) is 1.36. The summed E-state index contributed by atoms with van der Waals surface area (Å²) in [6.45, 7) is 5.71. The van der Waals surface area contributed by atoms with Crippen LogP contribution in [-0.4, -0.2) is 37.1 Å². The second kappa shape index (κ2) is 7.76. The Labute approximate surface area is 170 Å². The third-order valence-corrected chi connectivity index (χ3v) is 6.85. The van der Waals surface area contributed by atoms with E-state index in [-0.39, 0.29) is 17.0 Å². The molecule has 4 rings (SSSR count). The van der Waals surface area contributed by atoms with E-state index in [1.807, 2.05) is 18.2 Å². The van der Waals surface area contributed by atoms with Crippen LogP contribution in [0, 0.1) is 5.82 Å². The lowest BCUT2D eigenvalue weighted by atomic mass is 10.1.